The van der Waals surface area contributed by atoms with Gasteiger partial charge in [-0.2, -0.15) is 0 Å². The molecule has 2 nitrogen and oxygen atoms in total. The molecule has 1 aliphatic rings. The lowest BCUT2D eigenvalue weighted by molar-refractivity contribution is 0.101. The van der Waals surface area contributed by atoms with E-state index in [-0.39, 0.29) is 11.6 Å². The fourth-order valence-electron chi connectivity index (χ4n) is 2.66. The predicted molar refractivity (Wildman–Crippen MR) is 71.6 cm³/mol. The average molecular weight is 249 g/mol. The summed E-state index contributed by atoms with van der Waals surface area (Å²) >= 11 is 0. The van der Waals surface area contributed by atoms with Crippen molar-refractivity contribution in [2.24, 2.45) is 11.8 Å². The molecule has 3 heteroatoms. The van der Waals surface area contributed by atoms with E-state index >= 15 is 0 Å². The van der Waals surface area contributed by atoms with Crippen molar-refractivity contribution in [2.45, 2.75) is 27.2 Å². The predicted octanol–water partition coefficient (Wildman–Crippen LogP) is 3.51. The number of para-hydroxylation sites is 1. The molecule has 1 atom stereocenters. The summed E-state index contributed by atoms with van der Waals surface area (Å²) in [6.45, 7) is 7.57. The molecule has 1 aromatic carbocycles. The highest BCUT2D eigenvalue weighted by Gasteiger charge is 2.28. The Balaban J connectivity index is 2.32. The Morgan fingerprint density at radius 3 is 2.72 bits per heavy atom. The van der Waals surface area contributed by atoms with Crippen LogP contribution in [0.5, 0.6) is 0 Å². The van der Waals surface area contributed by atoms with Crippen LogP contribution in [0.3, 0.4) is 0 Å². The van der Waals surface area contributed by atoms with Gasteiger partial charge in [-0.3, -0.25) is 4.79 Å². The number of benzene rings is 1. The highest BCUT2D eigenvalue weighted by Crippen LogP contribution is 2.32. The summed E-state index contributed by atoms with van der Waals surface area (Å²) in [5.41, 5.74) is 0.993. The van der Waals surface area contributed by atoms with Crippen LogP contribution in [0.1, 0.15) is 37.6 Å². The number of carbonyl (C=O) groups excluding carboxylic acids is 1. The number of carbonyl (C=O) groups is 1. The third kappa shape index (κ3) is 2.40. The lowest BCUT2D eigenvalue weighted by Crippen LogP contribution is -2.24. The second-order valence-electron chi connectivity index (χ2n) is 5.43. The molecule has 1 aromatic rings. The van der Waals surface area contributed by atoms with Gasteiger partial charge in [0.2, 0.25) is 0 Å². The van der Waals surface area contributed by atoms with Gasteiger partial charge in [-0.15, -0.1) is 0 Å². The Labute approximate surface area is 108 Å². The molecule has 0 aromatic heterocycles. The number of rotatable bonds is 3. The highest BCUT2D eigenvalue weighted by atomic mass is 19.1. The first-order valence-corrected chi connectivity index (χ1v) is 6.55. The van der Waals surface area contributed by atoms with Gasteiger partial charge >= 0.3 is 0 Å². The third-order valence-electron chi connectivity index (χ3n) is 3.85. The number of hydrogen-bond donors (Lipinski definition) is 0. The minimum absolute atomic E-state index is 0.0718. The first-order chi connectivity index (χ1) is 8.50. The molecular weight excluding hydrogens is 229 g/mol. The monoisotopic (exact) mass is 249 g/mol. The van der Waals surface area contributed by atoms with Crippen LogP contribution in [0.15, 0.2) is 18.2 Å². The van der Waals surface area contributed by atoms with E-state index in [2.05, 4.69) is 13.8 Å². The lowest BCUT2D eigenvalue weighted by atomic mass is 9.95. The Hall–Kier alpha value is -1.38. The Morgan fingerprint density at radius 1 is 1.44 bits per heavy atom. The van der Waals surface area contributed by atoms with Gasteiger partial charge in [0, 0.05) is 18.7 Å². The van der Waals surface area contributed by atoms with Crippen molar-refractivity contribution in [3.63, 3.8) is 0 Å². The molecule has 1 unspecified atom stereocenters. The van der Waals surface area contributed by atoms with Crippen LogP contribution in [0.2, 0.25) is 0 Å². The highest BCUT2D eigenvalue weighted by molar-refractivity contribution is 5.99. The van der Waals surface area contributed by atoms with Crippen LogP contribution >= 0.6 is 0 Å². The van der Waals surface area contributed by atoms with Gasteiger partial charge in [0.05, 0.1) is 5.69 Å². The Kier molecular flexibility index (Phi) is 3.69. The molecule has 1 saturated heterocycles. The molecule has 0 aliphatic carbocycles. The van der Waals surface area contributed by atoms with Gasteiger partial charge in [0.15, 0.2) is 5.78 Å². The smallest absolute Gasteiger partial charge is 0.161 e. The molecule has 0 N–H and O–H groups in total. The zero-order valence-corrected chi connectivity index (χ0v) is 11.2. The maximum Gasteiger partial charge on any atom is 0.161 e. The second-order valence-corrected chi connectivity index (χ2v) is 5.43. The van der Waals surface area contributed by atoms with Crippen LogP contribution in [0.4, 0.5) is 10.1 Å². The minimum atomic E-state index is -0.285. The Morgan fingerprint density at radius 2 is 2.17 bits per heavy atom. The zero-order chi connectivity index (χ0) is 13.3. The van der Waals surface area contributed by atoms with Crippen molar-refractivity contribution in [2.75, 3.05) is 18.0 Å². The minimum Gasteiger partial charge on any atom is -0.368 e. The first kappa shape index (κ1) is 13.1. The maximum atomic E-state index is 14.0. The summed E-state index contributed by atoms with van der Waals surface area (Å²) in [7, 11) is 0. The van der Waals surface area contributed by atoms with Gasteiger partial charge in [-0.1, -0.05) is 19.9 Å². The standard InChI is InChI=1S/C15H20FNO/c1-10(2)12-7-8-17(9-12)15-13(11(3)18)5-4-6-14(15)16/h4-6,10,12H,7-9H2,1-3H3. The van der Waals surface area contributed by atoms with E-state index in [9.17, 15) is 9.18 Å². The molecule has 1 heterocycles. The van der Waals surface area contributed by atoms with Gasteiger partial charge in [0.1, 0.15) is 5.82 Å². The maximum absolute atomic E-state index is 14.0. The van der Waals surface area contributed by atoms with E-state index in [4.69, 9.17) is 0 Å². The average Bonchev–Trinajstić information content (AvgIpc) is 2.77. The van der Waals surface area contributed by atoms with E-state index in [1.807, 2.05) is 4.90 Å². The molecule has 1 fully saturated rings. The topological polar surface area (TPSA) is 20.3 Å². The van der Waals surface area contributed by atoms with E-state index in [0.717, 1.165) is 19.5 Å². The second kappa shape index (κ2) is 5.09. The molecule has 0 amide bonds. The third-order valence-corrected chi connectivity index (χ3v) is 3.85. The molecule has 0 bridgehead atoms. The van der Waals surface area contributed by atoms with Crippen LogP contribution in [0, 0.1) is 17.7 Å². The van der Waals surface area contributed by atoms with E-state index in [1.54, 1.807) is 12.1 Å². The number of anilines is 1. The zero-order valence-electron chi connectivity index (χ0n) is 11.2. The number of hydrogen-bond acceptors (Lipinski definition) is 2. The summed E-state index contributed by atoms with van der Waals surface area (Å²) in [5, 5.41) is 0. The van der Waals surface area contributed by atoms with Crippen LogP contribution in [-0.4, -0.2) is 18.9 Å². The summed E-state index contributed by atoms with van der Waals surface area (Å²) in [4.78, 5) is 13.6. The molecule has 0 radical (unpaired) electrons. The number of halogens is 1. The van der Waals surface area contributed by atoms with Crippen molar-refractivity contribution >= 4 is 11.5 Å². The summed E-state index contributed by atoms with van der Waals surface area (Å²) in [5.74, 6) is 0.830. The lowest BCUT2D eigenvalue weighted by Gasteiger charge is -2.22. The molecule has 0 spiro atoms. The number of nitrogens with zero attached hydrogens (tertiary/aromatic N) is 1. The molecule has 98 valence electrons. The van der Waals surface area contributed by atoms with Crippen molar-refractivity contribution in [1.29, 1.82) is 0 Å². The molecule has 1 aliphatic heterocycles. The normalized spacial score (nSPS) is 19.6. The van der Waals surface area contributed by atoms with Crippen LogP contribution in [-0.2, 0) is 0 Å². The first-order valence-electron chi connectivity index (χ1n) is 6.55. The summed E-state index contributed by atoms with van der Waals surface area (Å²) in [6, 6.07) is 4.75. The van der Waals surface area contributed by atoms with Crippen molar-refractivity contribution in [3.05, 3.63) is 29.6 Å². The largest absolute Gasteiger partial charge is 0.368 e. The molecule has 2 rings (SSSR count). The fourth-order valence-corrected chi connectivity index (χ4v) is 2.66. The van der Waals surface area contributed by atoms with Gasteiger partial charge in [-0.05, 0) is 37.3 Å². The van der Waals surface area contributed by atoms with Gasteiger partial charge in [-0.25, -0.2) is 4.39 Å². The molecule has 18 heavy (non-hydrogen) atoms. The molecular formula is C15H20FNO. The Bertz CT molecular complexity index is 456. The molecule has 0 saturated carbocycles. The fraction of sp³-hybridized carbons (Fsp3) is 0.533. The van der Waals surface area contributed by atoms with E-state index < -0.39 is 0 Å². The SMILES string of the molecule is CC(=O)c1cccc(F)c1N1CCC(C(C)C)C1. The van der Waals surface area contributed by atoms with E-state index in [0.29, 0.717) is 23.1 Å². The van der Waals surface area contributed by atoms with Crippen LogP contribution < -0.4 is 4.90 Å². The number of Topliss-reactive ketones (excluding diaryl/α,β-unsaturated/α-hetero) is 1. The van der Waals surface area contributed by atoms with Crippen LogP contribution in [0.25, 0.3) is 0 Å². The van der Waals surface area contributed by atoms with Crippen molar-refractivity contribution < 1.29 is 9.18 Å². The summed E-state index contributed by atoms with van der Waals surface area (Å²) < 4.78 is 14.0. The van der Waals surface area contributed by atoms with E-state index in [1.165, 1.54) is 13.0 Å². The van der Waals surface area contributed by atoms with Crippen molar-refractivity contribution in [1.82, 2.24) is 0 Å². The number of ketones is 1. The quantitative estimate of drug-likeness (QED) is 0.764. The summed E-state index contributed by atoms with van der Waals surface area (Å²) in [6.07, 6.45) is 1.07. The van der Waals surface area contributed by atoms with Gasteiger partial charge in [0.25, 0.3) is 0 Å². The van der Waals surface area contributed by atoms with Crippen molar-refractivity contribution in [3.8, 4) is 0 Å². The van der Waals surface area contributed by atoms with Gasteiger partial charge < -0.3 is 4.90 Å².